The molecule has 0 saturated carbocycles. The topological polar surface area (TPSA) is 67.9 Å². The Morgan fingerprint density at radius 3 is 2.34 bits per heavy atom. The fourth-order valence-electron chi connectivity index (χ4n) is 3.28. The van der Waals surface area contributed by atoms with Crippen molar-refractivity contribution in [1.82, 2.24) is 10.2 Å². The van der Waals surface area contributed by atoms with Crippen molar-refractivity contribution < 1.29 is 23.5 Å². The van der Waals surface area contributed by atoms with E-state index in [1.807, 2.05) is 26.0 Å². The highest BCUT2D eigenvalue weighted by Gasteiger charge is 2.26. The highest BCUT2D eigenvalue weighted by Crippen LogP contribution is 2.28. The number of nitrogens with one attached hydrogen (secondary N) is 1. The van der Waals surface area contributed by atoms with Crippen LogP contribution in [0.1, 0.15) is 38.3 Å². The van der Waals surface area contributed by atoms with Gasteiger partial charge in [-0.1, -0.05) is 38.1 Å². The normalized spacial score (nSPS) is 11.7. The third kappa shape index (κ3) is 6.97. The van der Waals surface area contributed by atoms with E-state index >= 15 is 0 Å². The molecule has 0 saturated heterocycles. The summed E-state index contributed by atoms with van der Waals surface area (Å²) in [5, 5.41) is 2.86. The fourth-order valence-corrected chi connectivity index (χ4v) is 3.28. The van der Waals surface area contributed by atoms with Crippen LogP contribution < -0.4 is 14.8 Å². The quantitative estimate of drug-likeness (QED) is 0.570. The molecule has 2 amide bonds. The van der Waals surface area contributed by atoms with Crippen LogP contribution in [-0.4, -0.2) is 43.5 Å². The number of benzene rings is 2. The summed E-state index contributed by atoms with van der Waals surface area (Å²) < 4.78 is 24.8. The molecule has 0 aliphatic carbocycles. The number of carbonyl (C=O) groups is 2. The molecule has 7 heteroatoms. The van der Waals surface area contributed by atoms with Crippen LogP contribution >= 0.6 is 0 Å². The van der Waals surface area contributed by atoms with Crippen molar-refractivity contribution in [2.24, 2.45) is 5.92 Å². The molecule has 0 aliphatic heterocycles. The Balaban J connectivity index is 2.17. The standard InChI is InChI=1S/C25H33FN2O4/c1-17(2)15-27-25(30)18(3)28(16-20-8-6-7-9-21(20)26)24(29)13-11-19-10-12-22(31-4)23(14-19)32-5/h6-10,12,14,17-18H,11,13,15-16H2,1-5H3,(H,27,30)/t18-/m1/s1. The predicted octanol–water partition coefficient (Wildman–Crippen LogP) is 3.97. The Labute approximate surface area is 189 Å². The average molecular weight is 445 g/mol. The maximum Gasteiger partial charge on any atom is 0.242 e. The smallest absolute Gasteiger partial charge is 0.242 e. The average Bonchev–Trinajstić information content (AvgIpc) is 2.79. The van der Waals surface area contributed by atoms with Gasteiger partial charge < -0.3 is 19.7 Å². The van der Waals surface area contributed by atoms with Crippen LogP contribution in [0.4, 0.5) is 4.39 Å². The molecule has 2 aromatic carbocycles. The number of halogens is 1. The monoisotopic (exact) mass is 444 g/mol. The zero-order chi connectivity index (χ0) is 23.7. The lowest BCUT2D eigenvalue weighted by Gasteiger charge is -2.29. The SMILES string of the molecule is COc1ccc(CCC(=O)N(Cc2ccccc2F)[C@H](C)C(=O)NCC(C)C)cc1OC. The van der Waals surface area contributed by atoms with Gasteiger partial charge in [-0.25, -0.2) is 4.39 Å². The highest BCUT2D eigenvalue weighted by molar-refractivity contribution is 5.87. The molecule has 6 nitrogen and oxygen atoms in total. The van der Waals surface area contributed by atoms with Crippen molar-refractivity contribution in [3.8, 4) is 11.5 Å². The number of nitrogens with zero attached hydrogens (tertiary/aromatic N) is 1. The second-order valence-electron chi connectivity index (χ2n) is 8.12. The van der Waals surface area contributed by atoms with Crippen molar-refractivity contribution in [1.29, 1.82) is 0 Å². The van der Waals surface area contributed by atoms with Crippen LogP contribution in [0.5, 0.6) is 11.5 Å². The zero-order valence-corrected chi connectivity index (χ0v) is 19.5. The van der Waals surface area contributed by atoms with Crippen molar-refractivity contribution >= 4 is 11.8 Å². The van der Waals surface area contributed by atoms with E-state index in [9.17, 15) is 14.0 Å². The second-order valence-corrected chi connectivity index (χ2v) is 8.12. The van der Waals surface area contributed by atoms with Gasteiger partial charge in [-0.3, -0.25) is 9.59 Å². The van der Waals surface area contributed by atoms with Gasteiger partial charge in [0.05, 0.1) is 14.2 Å². The lowest BCUT2D eigenvalue weighted by molar-refractivity contribution is -0.140. The van der Waals surface area contributed by atoms with E-state index in [0.29, 0.717) is 30.0 Å². The van der Waals surface area contributed by atoms with E-state index in [1.54, 1.807) is 45.4 Å². The van der Waals surface area contributed by atoms with Crippen molar-refractivity contribution in [3.05, 3.63) is 59.4 Å². The fraction of sp³-hybridized carbons (Fsp3) is 0.440. The third-order valence-corrected chi connectivity index (χ3v) is 5.23. The lowest BCUT2D eigenvalue weighted by Crippen LogP contribution is -2.48. The Hall–Kier alpha value is -3.09. The molecule has 32 heavy (non-hydrogen) atoms. The first-order valence-electron chi connectivity index (χ1n) is 10.8. The summed E-state index contributed by atoms with van der Waals surface area (Å²) in [6.45, 7) is 6.20. The van der Waals surface area contributed by atoms with Crippen LogP contribution in [0, 0.1) is 11.7 Å². The molecule has 1 atom stereocenters. The second kappa shape index (κ2) is 12.1. The molecule has 0 radical (unpaired) electrons. The molecule has 0 unspecified atom stereocenters. The summed E-state index contributed by atoms with van der Waals surface area (Å²) in [6.07, 6.45) is 0.624. The number of aryl methyl sites for hydroxylation is 1. The minimum Gasteiger partial charge on any atom is -0.493 e. The van der Waals surface area contributed by atoms with Gasteiger partial charge >= 0.3 is 0 Å². The number of hydrogen-bond acceptors (Lipinski definition) is 4. The molecule has 2 aromatic rings. The Morgan fingerprint density at radius 2 is 1.72 bits per heavy atom. The summed E-state index contributed by atoms with van der Waals surface area (Å²) in [5.41, 5.74) is 1.27. The first-order valence-corrected chi connectivity index (χ1v) is 10.8. The van der Waals surface area contributed by atoms with E-state index in [-0.39, 0.29) is 30.7 Å². The van der Waals surface area contributed by atoms with Crippen LogP contribution in [0.25, 0.3) is 0 Å². The van der Waals surface area contributed by atoms with Gasteiger partial charge in [0, 0.05) is 25.1 Å². The molecule has 0 fully saturated rings. The Morgan fingerprint density at radius 1 is 1.03 bits per heavy atom. The van der Waals surface area contributed by atoms with Gasteiger partial charge in [0.1, 0.15) is 11.9 Å². The van der Waals surface area contributed by atoms with E-state index in [2.05, 4.69) is 5.32 Å². The minimum atomic E-state index is -0.730. The van der Waals surface area contributed by atoms with Crippen LogP contribution in [0.2, 0.25) is 0 Å². The highest BCUT2D eigenvalue weighted by atomic mass is 19.1. The molecular weight excluding hydrogens is 411 g/mol. The largest absolute Gasteiger partial charge is 0.493 e. The Kier molecular flexibility index (Phi) is 9.50. The minimum absolute atomic E-state index is 0.0215. The van der Waals surface area contributed by atoms with Crippen molar-refractivity contribution in [2.75, 3.05) is 20.8 Å². The maximum atomic E-state index is 14.3. The molecule has 0 heterocycles. The van der Waals surface area contributed by atoms with Gasteiger partial charge in [-0.05, 0) is 43.0 Å². The van der Waals surface area contributed by atoms with Crippen LogP contribution in [0.3, 0.4) is 0 Å². The van der Waals surface area contributed by atoms with E-state index in [1.165, 1.54) is 11.0 Å². The molecule has 0 spiro atoms. The summed E-state index contributed by atoms with van der Waals surface area (Å²) in [4.78, 5) is 27.3. The number of rotatable bonds is 11. The molecule has 174 valence electrons. The number of ether oxygens (including phenoxy) is 2. The van der Waals surface area contributed by atoms with Crippen LogP contribution in [-0.2, 0) is 22.6 Å². The van der Waals surface area contributed by atoms with E-state index < -0.39 is 11.9 Å². The number of amides is 2. The first kappa shape index (κ1) is 25.2. The van der Waals surface area contributed by atoms with Gasteiger partial charge in [0.15, 0.2) is 11.5 Å². The number of methoxy groups -OCH3 is 2. The zero-order valence-electron chi connectivity index (χ0n) is 19.5. The molecule has 0 aliphatic rings. The van der Waals surface area contributed by atoms with E-state index in [4.69, 9.17) is 9.47 Å². The van der Waals surface area contributed by atoms with Crippen LogP contribution in [0.15, 0.2) is 42.5 Å². The van der Waals surface area contributed by atoms with E-state index in [0.717, 1.165) is 5.56 Å². The summed E-state index contributed by atoms with van der Waals surface area (Å²) in [5.74, 6) is 0.595. The predicted molar refractivity (Wildman–Crippen MR) is 122 cm³/mol. The molecule has 2 rings (SSSR count). The van der Waals surface area contributed by atoms with Crippen molar-refractivity contribution in [3.63, 3.8) is 0 Å². The third-order valence-electron chi connectivity index (χ3n) is 5.23. The molecule has 1 N–H and O–H groups in total. The number of carbonyl (C=O) groups excluding carboxylic acids is 2. The number of hydrogen-bond donors (Lipinski definition) is 1. The Bertz CT molecular complexity index is 917. The van der Waals surface area contributed by atoms with Crippen molar-refractivity contribution in [2.45, 2.75) is 46.2 Å². The van der Waals surface area contributed by atoms with Gasteiger partial charge in [-0.2, -0.15) is 0 Å². The molecule has 0 bridgehead atoms. The van der Waals surface area contributed by atoms with Gasteiger partial charge in [-0.15, -0.1) is 0 Å². The lowest BCUT2D eigenvalue weighted by atomic mass is 10.1. The summed E-state index contributed by atoms with van der Waals surface area (Å²) in [7, 11) is 3.12. The first-order chi connectivity index (χ1) is 15.3. The molecular formula is C25H33FN2O4. The maximum absolute atomic E-state index is 14.3. The molecule has 0 aromatic heterocycles. The summed E-state index contributed by atoms with van der Waals surface area (Å²) in [6, 6.07) is 11.0. The van der Waals surface area contributed by atoms with Gasteiger partial charge in [0.25, 0.3) is 0 Å². The van der Waals surface area contributed by atoms with Gasteiger partial charge in [0.2, 0.25) is 11.8 Å². The summed E-state index contributed by atoms with van der Waals surface area (Å²) >= 11 is 0.